The van der Waals surface area contributed by atoms with E-state index < -0.39 is 0 Å². The molecule has 2 unspecified atom stereocenters. The highest BCUT2D eigenvalue weighted by Crippen LogP contribution is 2.29. The fraction of sp³-hybridized carbons (Fsp3) is 0.615. The highest BCUT2D eigenvalue weighted by molar-refractivity contribution is 5.21. The molecule has 1 aromatic rings. The number of aromatic nitrogens is 1. The van der Waals surface area contributed by atoms with Crippen molar-refractivity contribution in [2.75, 3.05) is 6.61 Å². The molecule has 82 valence electrons. The van der Waals surface area contributed by atoms with Crippen molar-refractivity contribution in [2.24, 2.45) is 0 Å². The Kier molecular flexibility index (Phi) is 3.37. The fourth-order valence-corrected chi connectivity index (χ4v) is 1.99. The van der Waals surface area contributed by atoms with E-state index in [0.717, 1.165) is 18.7 Å². The van der Waals surface area contributed by atoms with E-state index >= 15 is 0 Å². The third-order valence-corrected chi connectivity index (χ3v) is 3.25. The minimum absolute atomic E-state index is 0.244. The molecule has 2 rings (SSSR count). The van der Waals surface area contributed by atoms with Gasteiger partial charge in [-0.15, -0.1) is 0 Å². The Morgan fingerprint density at radius 3 is 3.13 bits per heavy atom. The molecule has 1 aromatic heterocycles. The molecule has 0 radical (unpaired) electrons. The molecule has 0 aromatic carbocycles. The molecule has 15 heavy (non-hydrogen) atoms. The van der Waals surface area contributed by atoms with Crippen LogP contribution in [0, 0.1) is 0 Å². The van der Waals surface area contributed by atoms with Crippen molar-refractivity contribution < 1.29 is 4.74 Å². The minimum Gasteiger partial charge on any atom is -0.372 e. The smallest absolute Gasteiger partial charge is 0.0995 e. The molecule has 1 fully saturated rings. The average molecular weight is 205 g/mol. The summed E-state index contributed by atoms with van der Waals surface area (Å²) < 4.78 is 5.64. The number of hydrogen-bond acceptors (Lipinski definition) is 2. The van der Waals surface area contributed by atoms with Crippen LogP contribution < -0.4 is 0 Å². The molecule has 0 bridgehead atoms. The standard InChI is InChI=1S/C13H19NO/c1-3-10(2)11-6-7-14-12(9-11)13-5-4-8-15-13/h6-7,9-10,13H,3-5,8H2,1-2H3. The second-order valence-corrected chi connectivity index (χ2v) is 4.32. The Morgan fingerprint density at radius 1 is 1.60 bits per heavy atom. The first-order chi connectivity index (χ1) is 7.31. The van der Waals surface area contributed by atoms with E-state index in [2.05, 4.69) is 31.0 Å². The Morgan fingerprint density at radius 2 is 2.47 bits per heavy atom. The molecular formula is C13H19NO. The Labute approximate surface area is 91.7 Å². The van der Waals surface area contributed by atoms with Crippen LogP contribution in [0.4, 0.5) is 0 Å². The lowest BCUT2D eigenvalue weighted by molar-refractivity contribution is 0.108. The quantitative estimate of drug-likeness (QED) is 0.754. The lowest BCUT2D eigenvalue weighted by Crippen LogP contribution is -2.01. The molecule has 0 N–H and O–H groups in total. The van der Waals surface area contributed by atoms with E-state index in [4.69, 9.17) is 4.74 Å². The predicted molar refractivity (Wildman–Crippen MR) is 60.9 cm³/mol. The Balaban J connectivity index is 2.18. The van der Waals surface area contributed by atoms with E-state index in [1.165, 1.54) is 18.4 Å². The van der Waals surface area contributed by atoms with Crippen molar-refractivity contribution in [1.29, 1.82) is 0 Å². The molecule has 0 aliphatic carbocycles. The number of pyridine rings is 1. The summed E-state index contributed by atoms with van der Waals surface area (Å²) in [4.78, 5) is 4.41. The van der Waals surface area contributed by atoms with Gasteiger partial charge in [0, 0.05) is 12.8 Å². The van der Waals surface area contributed by atoms with E-state index in [0.29, 0.717) is 5.92 Å². The van der Waals surface area contributed by atoms with Crippen LogP contribution in [0.25, 0.3) is 0 Å². The number of rotatable bonds is 3. The monoisotopic (exact) mass is 205 g/mol. The molecule has 1 saturated heterocycles. The van der Waals surface area contributed by atoms with E-state index in [1.54, 1.807) is 0 Å². The molecule has 0 saturated carbocycles. The zero-order valence-electron chi connectivity index (χ0n) is 9.57. The molecule has 0 spiro atoms. The van der Waals surface area contributed by atoms with Gasteiger partial charge in [0.2, 0.25) is 0 Å². The maximum Gasteiger partial charge on any atom is 0.0995 e. The predicted octanol–water partition coefficient (Wildman–Crippen LogP) is 3.45. The molecular weight excluding hydrogens is 186 g/mol. The van der Waals surface area contributed by atoms with Crippen molar-refractivity contribution in [3.8, 4) is 0 Å². The van der Waals surface area contributed by atoms with E-state index in [1.807, 2.05) is 6.20 Å². The van der Waals surface area contributed by atoms with Gasteiger partial charge in [-0.2, -0.15) is 0 Å². The van der Waals surface area contributed by atoms with Gasteiger partial charge in [-0.05, 0) is 42.9 Å². The van der Waals surface area contributed by atoms with Crippen LogP contribution in [0.3, 0.4) is 0 Å². The molecule has 0 amide bonds. The van der Waals surface area contributed by atoms with Crippen molar-refractivity contribution in [3.63, 3.8) is 0 Å². The fourth-order valence-electron chi connectivity index (χ4n) is 1.99. The maximum absolute atomic E-state index is 5.64. The first kappa shape index (κ1) is 10.6. The van der Waals surface area contributed by atoms with Gasteiger partial charge in [0.05, 0.1) is 11.8 Å². The largest absolute Gasteiger partial charge is 0.372 e. The van der Waals surface area contributed by atoms with Crippen LogP contribution in [0.5, 0.6) is 0 Å². The average Bonchev–Trinajstić information content (AvgIpc) is 2.82. The van der Waals surface area contributed by atoms with Crippen LogP contribution in [-0.4, -0.2) is 11.6 Å². The van der Waals surface area contributed by atoms with Crippen molar-refractivity contribution >= 4 is 0 Å². The summed E-state index contributed by atoms with van der Waals surface area (Å²) in [6, 6.07) is 4.33. The van der Waals surface area contributed by atoms with Gasteiger partial charge in [-0.25, -0.2) is 0 Å². The zero-order chi connectivity index (χ0) is 10.7. The van der Waals surface area contributed by atoms with E-state index in [-0.39, 0.29) is 6.10 Å². The summed E-state index contributed by atoms with van der Waals surface area (Å²) >= 11 is 0. The SMILES string of the molecule is CCC(C)c1ccnc(C2CCCO2)c1. The second kappa shape index (κ2) is 4.75. The Hall–Kier alpha value is -0.890. The number of hydrogen-bond donors (Lipinski definition) is 0. The van der Waals surface area contributed by atoms with Crippen molar-refractivity contribution in [2.45, 2.75) is 45.1 Å². The third-order valence-electron chi connectivity index (χ3n) is 3.25. The highest BCUT2D eigenvalue weighted by Gasteiger charge is 2.19. The van der Waals surface area contributed by atoms with Gasteiger partial charge in [-0.3, -0.25) is 4.98 Å². The number of ether oxygens (including phenoxy) is 1. The van der Waals surface area contributed by atoms with Crippen LogP contribution >= 0.6 is 0 Å². The first-order valence-corrected chi connectivity index (χ1v) is 5.88. The maximum atomic E-state index is 5.64. The molecule has 2 nitrogen and oxygen atoms in total. The van der Waals surface area contributed by atoms with Crippen LogP contribution in [0.15, 0.2) is 18.3 Å². The van der Waals surface area contributed by atoms with Gasteiger partial charge >= 0.3 is 0 Å². The summed E-state index contributed by atoms with van der Waals surface area (Å²) in [5.41, 5.74) is 2.50. The second-order valence-electron chi connectivity index (χ2n) is 4.32. The third kappa shape index (κ3) is 2.37. The zero-order valence-corrected chi connectivity index (χ0v) is 9.57. The molecule has 2 heteroatoms. The topological polar surface area (TPSA) is 22.1 Å². The Bertz CT molecular complexity index is 318. The van der Waals surface area contributed by atoms with Crippen LogP contribution in [0.1, 0.15) is 56.4 Å². The van der Waals surface area contributed by atoms with Gasteiger partial charge in [-0.1, -0.05) is 13.8 Å². The molecule has 1 aliphatic rings. The summed E-state index contributed by atoms with van der Waals surface area (Å²) in [7, 11) is 0. The van der Waals surface area contributed by atoms with Gasteiger partial charge in [0.15, 0.2) is 0 Å². The number of nitrogens with zero attached hydrogens (tertiary/aromatic N) is 1. The lowest BCUT2D eigenvalue weighted by Gasteiger charge is -2.13. The summed E-state index contributed by atoms with van der Waals surface area (Å²) in [6.45, 7) is 5.37. The van der Waals surface area contributed by atoms with E-state index in [9.17, 15) is 0 Å². The first-order valence-electron chi connectivity index (χ1n) is 5.88. The van der Waals surface area contributed by atoms with Crippen molar-refractivity contribution in [1.82, 2.24) is 4.98 Å². The van der Waals surface area contributed by atoms with Crippen molar-refractivity contribution in [3.05, 3.63) is 29.6 Å². The van der Waals surface area contributed by atoms with Gasteiger partial charge < -0.3 is 4.74 Å². The molecule has 2 heterocycles. The lowest BCUT2D eigenvalue weighted by atomic mass is 9.98. The molecule has 2 atom stereocenters. The highest BCUT2D eigenvalue weighted by atomic mass is 16.5. The molecule has 1 aliphatic heterocycles. The van der Waals surface area contributed by atoms with Gasteiger partial charge in [0.25, 0.3) is 0 Å². The summed E-state index contributed by atoms with van der Waals surface area (Å²) in [6.07, 6.45) is 5.62. The minimum atomic E-state index is 0.244. The van der Waals surface area contributed by atoms with Gasteiger partial charge in [0.1, 0.15) is 0 Å². The van der Waals surface area contributed by atoms with Crippen LogP contribution in [0.2, 0.25) is 0 Å². The summed E-state index contributed by atoms with van der Waals surface area (Å²) in [5, 5.41) is 0. The van der Waals surface area contributed by atoms with Crippen LogP contribution in [-0.2, 0) is 4.74 Å². The normalized spacial score (nSPS) is 22.9. The summed E-state index contributed by atoms with van der Waals surface area (Å²) in [5.74, 6) is 0.619.